The Labute approximate surface area is 156 Å². The molecule has 1 amide bonds. The molecule has 2 rings (SSSR count). The van der Waals surface area contributed by atoms with Gasteiger partial charge < -0.3 is 19.9 Å². The third kappa shape index (κ3) is 5.41. The molecule has 25 heavy (non-hydrogen) atoms. The predicted molar refractivity (Wildman–Crippen MR) is 106 cm³/mol. The highest BCUT2D eigenvalue weighted by Crippen LogP contribution is 2.20. The van der Waals surface area contributed by atoms with E-state index in [-0.39, 0.29) is 5.91 Å². The first-order chi connectivity index (χ1) is 11.9. The summed E-state index contributed by atoms with van der Waals surface area (Å²) in [5.41, 5.74) is 3.46. The third-order valence-electron chi connectivity index (χ3n) is 4.77. The minimum absolute atomic E-state index is 0.151. The molecular weight excluding hydrogens is 334 g/mol. The van der Waals surface area contributed by atoms with Crippen LogP contribution in [0.2, 0.25) is 0 Å². The molecule has 1 N–H and O–H groups in total. The van der Waals surface area contributed by atoms with Gasteiger partial charge >= 0.3 is 0 Å². The van der Waals surface area contributed by atoms with Gasteiger partial charge in [0.25, 0.3) is 0 Å². The summed E-state index contributed by atoms with van der Waals surface area (Å²) in [6.07, 6.45) is 1.86. The molecule has 1 aromatic rings. The van der Waals surface area contributed by atoms with Gasteiger partial charge in [0.05, 0.1) is 6.61 Å². The number of benzene rings is 1. The summed E-state index contributed by atoms with van der Waals surface area (Å²) in [5, 5.41) is 4.13. The molecular formula is C19H29N3O2S. The van der Waals surface area contributed by atoms with E-state index in [9.17, 15) is 4.79 Å². The number of carbonyl (C=O) groups excluding carboxylic acids is 1. The molecule has 0 bridgehead atoms. The maximum atomic E-state index is 11.5. The molecule has 1 heterocycles. The Morgan fingerprint density at radius 2 is 2.04 bits per heavy atom. The van der Waals surface area contributed by atoms with Gasteiger partial charge in [-0.1, -0.05) is 17.7 Å². The molecule has 0 spiro atoms. The maximum absolute atomic E-state index is 11.5. The van der Waals surface area contributed by atoms with Crippen molar-refractivity contribution in [3.05, 3.63) is 29.3 Å². The molecule has 0 aliphatic carbocycles. The Kier molecular flexibility index (Phi) is 7.20. The summed E-state index contributed by atoms with van der Waals surface area (Å²) < 4.78 is 5.27. The Morgan fingerprint density at radius 1 is 1.36 bits per heavy atom. The van der Waals surface area contributed by atoms with Gasteiger partial charge in [0.2, 0.25) is 5.91 Å². The molecule has 1 aliphatic heterocycles. The number of likely N-dealkylation sites (tertiary alicyclic amines) is 1. The monoisotopic (exact) mass is 363 g/mol. The zero-order chi connectivity index (χ0) is 18.4. The molecule has 1 aliphatic rings. The fraction of sp³-hybridized carbons (Fsp3) is 0.579. The number of amides is 1. The molecule has 138 valence electrons. The summed E-state index contributed by atoms with van der Waals surface area (Å²) >= 11 is 5.70. The molecule has 0 radical (unpaired) electrons. The van der Waals surface area contributed by atoms with E-state index in [2.05, 4.69) is 42.3 Å². The van der Waals surface area contributed by atoms with Crippen LogP contribution in [0.25, 0.3) is 0 Å². The number of thiocarbonyl (C=S) groups is 1. The second kappa shape index (κ2) is 9.15. The van der Waals surface area contributed by atoms with Crippen molar-refractivity contribution in [3.8, 4) is 0 Å². The van der Waals surface area contributed by atoms with Crippen LogP contribution >= 0.6 is 12.2 Å². The van der Waals surface area contributed by atoms with Crippen LogP contribution in [0.3, 0.4) is 0 Å². The van der Waals surface area contributed by atoms with Crippen LogP contribution in [0.1, 0.15) is 30.9 Å². The standard InChI is InChI=1S/C19H29N3O2S/c1-14-5-6-18(15(2)13-14)20-19(25)22(11-12-24-4)17-7-9-21(10-8-17)16(3)23/h5-6,13,17H,7-12H2,1-4H3,(H,20,25). The van der Waals surface area contributed by atoms with Crippen LogP contribution in [0, 0.1) is 13.8 Å². The average molecular weight is 364 g/mol. The van der Waals surface area contributed by atoms with Crippen molar-refractivity contribution >= 4 is 28.9 Å². The van der Waals surface area contributed by atoms with Gasteiger partial charge in [0.1, 0.15) is 0 Å². The smallest absolute Gasteiger partial charge is 0.219 e. The summed E-state index contributed by atoms with van der Waals surface area (Å²) in [7, 11) is 1.71. The number of aryl methyl sites for hydroxylation is 2. The zero-order valence-corrected chi connectivity index (χ0v) is 16.5. The highest BCUT2D eigenvalue weighted by Gasteiger charge is 2.27. The van der Waals surface area contributed by atoms with E-state index in [0.717, 1.165) is 43.3 Å². The maximum Gasteiger partial charge on any atom is 0.219 e. The van der Waals surface area contributed by atoms with Crippen molar-refractivity contribution < 1.29 is 9.53 Å². The van der Waals surface area contributed by atoms with Crippen LogP contribution in [-0.4, -0.2) is 60.2 Å². The molecule has 0 aromatic heterocycles. The number of rotatable bonds is 5. The van der Waals surface area contributed by atoms with E-state index in [1.165, 1.54) is 11.1 Å². The third-order valence-corrected chi connectivity index (χ3v) is 5.11. The van der Waals surface area contributed by atoms with Gasteiger partial charge in [-0.15, -0.1) is 0 Å². The van der Waals surface area contributed by atoms with Crippen molar-refractivity contribution in [2.24, 2.45) is 0 Å². The molecule has 0 saturated carbocycles. The van der Waals surface area contributed by atoms with Crippen LogP contribution in [0.4, 0.5) is 5.69 Å². The predicted octanol–water partition coefficient (Wildman–Crippen LogP) is 2.96. The SMILES string of the molecule is COCCN(C(=S)Nc1ccc(C)cc1C)C1CCN(C(C)=O)CC1. The molecule has 1 fully saturated rings. The first-order valence-electron chi connectivity index (χ1n) is 8.81. The number of piperidine rings is 1. The number of nitrogens with one attached hydrogen (secondary N) is 1. The average Bonchev–Trinajstić information content (AvgIpc) is 2.58. The van der Waals surface area contributed by atoms with Gasteiger partial charge in [-0.05, 0) is 50.5 Å². The fourth-order valence-corrected chi connectivity index (χ4v) is 3.62. The largest absolute Gasteiger partial charge is 0.383 e. The van der Waals surface area contributed by atoms with E-state index in [1.54, 1.807) is 14.0 Å². The highest BCUT2D eigenvalue weighted by molar-refractivity contribution is 7.80. The summed E-state index contributed by atoms with van der Waals surface area (Å²) in [6, 6.07) is 6.64. The molecule has 5 nitrogen and oxygen atoms in total. The van der Waals surface area contributed by atoms with Crippen molar-refractivity contribution in [1.29, 1.82) is 0 Å². The number of methoxy groups -OCH3 is 1. The minimum Gasteiger partial charge on any atom is -0.383 e. The summed E-state index contributed by atoms with van der Waals surface area (Å²) in [4.78, 5) is 15.7. The molecule has 1 saturated heterocycles. The van der Waals surface area contributed by atoms with E-state index in [1.807, 2.05) is 4.90 Å². The van der Waals surface area contributed by atoms with Crippen molar-refractivity contribution in [2.45, 2.75) is 39.7 Å². The number of ether oxygens (including phenoxy) is 1. The van der Waals surface area contributed by atoms with Gasteiger partial charge in [-0.3, -0.25) is 4.79 Å². The van der Waals surface area contributed by atoms with Crippen LogP contribution in [-0.2, 0) is 9.53 Å². The lowest BCUT2D eigenvalue weighted by Crippen LogP contribution is -2.50. The Hall–Kier alpha value is -1.66. The normalized spacial score (nSPS) is 15.1. The van der Waals surface area contributed by atoms with Crippen molar-refractivity contribution in [2.75, 3.05) is 38.7 Å². The van der Waals surface area contributed by atoms with Crippen molar-refractivity contribution in [3.63, 3.8) is 0 Å². The van der Waals surface area contributed by atoms with Gasteiger partial charge in [0, 0.05) is 45.4 Å². The number of nitrogens with zero attached hydrogens (tertiary/aromatic N) is 2. The lowest BCUT2D eigenvalue weighted by atomic mass is 10.0. The van der Waals surface area contributed by atoms with E-state index >= 15 is 0 Å². The first kappa shape index (κ1) is 19.7. The zero-order valence-electron chi connectivity index (χ0n) is 15.7. The summed E-state index contributed by atoms with van der Waals surface area (Å²) in [6.45, 7) is 8.76. The van der Waals surface area contributed by atoms with E-state index in [4.69, 9.17) is 17.0 Å². The second-order valence-electron chi connectivity index (χ2n) is 6.67. The van der Waals surface area contributed by atoms with E-state index < -0.39 is 0 Å². The molecule has 0 atom stereocenters. The second-order valence-corrected chi connectivity index (χ2v) is 7.06. The number of carbonyl (C=O) groups is 1. The number of hydrogen-bond donors (Lipinski definition) is 1. The lowest BCUT2D eigenvalue weighted by Gasteiger charge is -2.39. The van der Waals surface area contributed by atoms with Gasteiger partial charge in [-0.25, -0.2) is 0 Å². The first-order valence-corrected chi connectivity index (χ1v) is 9.22. The van der Waals surface area contributed by atoms with Gasteiger partial charge in [0.15, 0.2) is 5.11 Å². The van der Waals surface area contributed by atoms with Gasteiger partial charge in [-0.2, -0.15) is 0 Å². The van der Waals surface area contributed by atoms with Crippen LogP contribution < -0.4 is 5.32 Å². The minimum atomic E-state index is 0.151. The molecule has 0 unspecified atom stereocenters. The quantitative estimate of drug-likeness (QED) is 0.815. The van der Waals surface area contributed by atoms with Crippen LogP contribution in [0.15, 0.2) is 18.2 Å². The van der Waals surface area contributed by atoms with Crippen molar-refractivity contribution in [1.82, 2.24) is 9.80 Å². The lowest BCUT2D eigenvalue weighted by molar-refractivity contribution is -0.130. The highest BCUT2D eigenvalue weighted by atomic mass is 32.1. The number of hydrogen-bond acceptors (Lipinski definition) is 3. The molecule has 6 heteroatoms. The Bertz CT molecular complexity index is 613. The summed E-state index contributed by atoms with van der Waals surface area (Å²) in [5.74, 6) is 0.151. The fourth-order valence-electron chi connectivity index (χ4n) is 3.27. The topological polar surface area (TPSA) is 44.8 Å². The Morgan fingerprint density at radius 3 is 2.60 bits per heavy atom. The van der Waals surface area contributed by atoms with E-state index in [0.29, 0.717) is 12.6 Å². The number of anilines is 1. The molecule has 1 aromatic carbocycles. The Balaban J connectivity index is 2.05. The van der Waals surface area contributed by atoms with Crippen LogP contribution in [0.5, 0.6) is 0 Å².